The fourth-order valence-corrected chi connectivity index (χ4v) is 3.18. The Hall–Kier alpha value is -0.610. The van der Waals surface area contributed by atoms with Crippen LogP contribution in [0.2, 0.25) is 0 Å². The molecule has 0 bridgehead atoms. The van der Waals surface area contributed by atoms with Crippen molar-refractivity contribution in [1.82, 2.24) is 10.2 Å². The van der Waals surface area contributed by atoms with Crippen LogP contribution < -0.4 is 11.1 Å². The molecule has 0 radical (unpaired) electrons. The average Bonchev–Trinajstić information content (AvgIpc) is 3.22. The number of carbonyl (C=O) groups is 1. The maximum Gasteiger partial charge on any atom is 0.237 e. The Balaban J connectivity index is 1.80. The van der Waals surface area contributed by atoms with Gasteiger partial charge in [0.25, 0.3) is 0 Å². The van der Waals surface area contributed by atoms with Crippen molar-refractivity contribution in [3.63, 3.8) is 0 Å². The second-order valence-electron chi connectivity index (χ2n) is 6.91. The largest absolute Gasteiger partial charge is 0.368 e. The van der Waals surface area contributed by atoms with Crippen molar-refractivity contribution in [1.29, 1.82) is 0 Å². The van der Waals surface area contributed by atoms with Gasteiger partial charge in [0.1, 0.15) is 0 Å². The van der Waals surface area contributed by atoms with Crippen molar-refractivity contribution in [2.45, 2.75) is 70.4 Å². The van der Waals surface area contributed by atoms with Gasteiger partial charge in [-0.3, -0.25) is 4.79 Å². The zero-order valence-electron chi connectivity index (χ0n) is 13.2. The zero-order valence-corrected chi connectivity index (χ0v) is 13.2. The Morgan fingerprint density at radius 1 is 1.30 bits per heavy atom. The molecule has 2 aliphatic rings. The number of hydrogen-bond donors (Lipinski definition) is 2. The highest BCUT2D eigenvalue weighted by Gasteiger charge is 2.37. The lowest BCUT2D eigenvalue weighted by Crippen LogP contribution is -2.55. The van der Waals surface area contributed by atoms with Gasteiger partial charge < -0.3 is 16.0 Å². The summed E-state index contributed by atoms with van der Waals surface area (Å²) in [7, 11) is 0. The average molecular weight is 281 g/mol. The van der Waals surface area contributed by atoms with E-state index in [1.807, 2.05) is 6.92 Å². The Morgan fingerprint density at radius 2 is 2.05 bits per heavy atom. The number of nitrogens with zero attached hydrogens (tertiary/aromatic N) is 1. The summed E-state index contributed by atoms with van der Waals surface area (Å²) in [5.41, 5.74) is 5.09. The van der Waals surface area contributed by atoms with E-state index in [1.165, 1.54) is 51.6 Å². The van der Waals surface area contributed by atoms with Crippen LogP contribution in [0.1, 0.15) is 58.8 Å². The third-order valence-corrected chi connectivity index (χ3v) is 5.09. The van der Waals surface area contributed by atoms with Crippen LogP contribution in [0.15, 0.2) is 0 Å². The Kier molecular flexibility index (Phi) is 5.44. The molecule has 1 heterocycles. The van der Waals surface area contributed by atoms with Crippen LogP contribution in [0, 0.1) is 5.92 Å². The van der Waals surface area contributed by atoms with Crippen LogP contribution in [0.4, 0.5) is 0 Å². The molecule has 2 rings (SSSR count). The maximum absolute atomic E-state index is 11.8. The van der Waals surface area contributed by atoms with Gasteiger partial charge in [0.2, 0.25) is 5.91 Å². The second-order valence-corrected chi connectivity index (χ2v) is 6.91. The molecule has 0 spiro atoms. The minimum atomic E-state index is -0.530. The van der Waals surface area contributed by atoms with Gasteiger partial charge >= 0.3 is 0 Å². The number of amides is 1. The summed E-state index contributed by atoms with van der Waals surface area (Å²) in [5.74, 6) is 0.692. The molecular weight excluding hydrogens is 250 g/mol. The van der Waals surface area contributed by atoms with E-state index in [-0.39, 0.29) is 5.91 Å². The summed E-state index contributed by atoms with van der Waals surface area (Å²) in [6.45, 7) is 7.60. The molecule has 116 valence electrons. The van der Waals surface area contributed by atoms with Gasteiger partial charge in [-0.05, 0) is 64.5 Å². The van der Waals surface area contributed by atoms with Crippen LogP contribution in [0.3, 0.4) is 0 Å². The fraction of sp³-hybridized carbons (Fsp3) is 0.938. The summed E-state index contributed by atoms with van der Waals surface area (Å²) in [6, 6.07) is 0.515. The SMILES string of the molecule is CCC1CCCN(CCC(C)(NC2CC2)C(N)=O)CC1. The summed E-state index contributed by atoms with van der Waals surface area (Å²) in [4.78, 5) is 14.3. The van der Waals surface area contributed by atoms with Gasteiger partial charge in [-0.25, -0.2) is 0 Å². The topological polar surface area (TPSA) is 58.4 Å². The van der Waals surface area contributed by atoms with Crippen LogP contribution in [-0.2, 0) is 4.79 Å². The fourth-order valence-electron chi connectivity index (χ4n) is 3.18. The first-order valence-corrected chi connectivity index (χ1v) is 8.33. The third kappa shape index (κ3) is 4.45. The number of nitrogens with two attached hydrogens (primary N) is 1. The molecule has 2 fully saturated rings. The number of nitrogens with one attached hydrogen (secondary N) is 1. The van der Waals surface area contributed by atoms with E-state index in [4.69, 9.17) is 5.73 Å². The van der Waals surface area contributed by atoms with Crippen molar-refractivity contribution in [2.75, 3.05) is 19.6 Å². The maximum atomic E-state index is 11.8. The molecular formula is C16H31N3O. The van der Waals surface area contributed by atoms with E-state index in [1.54, 1.807) is 0 Å². The minimum absolute atomic E-state index is 0.203. The van der Waals surface area contributed by atoms with E-state index in [9.17, 15) is 4.79 Å². The monoisotopic (exact) mass is 281 g/mol. The smallest absolute Gasteiger partial charge is 0.237 e. The summed E-state index contributed by atoms with van der Waals surface area (Å²) in [5, 5.41) is 3.44. The number of carbonyl (C=O) groups excluding carboxylic acids is 1. The van der Waals surface area contributed by atoms with Crippen molar-refractivity contribution in [2.24, 2.45) is 11.7 Å². The Bertz CT molecular complexity index is 330. The zero-order chi connectivity index (χ0) is 14.6. The van der Waals surface area contributed by atoms with Gasteiger partial charge in [0.15, 0.2) is 0 Å². The summed E-state index contributed by atoms with van der Waals surface area (Å²) >= 11 is 0. The molecule has 1 aliphatic heterocycles. The quantitative estimate of drug-likeness (QED) is 0.749. The molecule has 2 unspecified atom stereocenters. The van der Waals surface area contributed by atoms with Crippen molar-refractivity contribution in [3.8, 4) is 0 Å². The molecule has 20 heavy (non-hydrogen) atoms. The molecule has 2 atom stereocenters. The van der Waals surface area contributed by atoms with Crippen molar-refractivity contribution >= 4 is 5.91 Å². The third-order valence-electron chi connectivity index (χ3n) is 5.09. The first-order valence-electron chi connectivity index (χ1n) is 8.33. The molecule has 0 aromatic carbocycles. The van der Waals surface area contributed by atoms with Gasteiger partial charge in [0.05, 0.1) is 5.54 Å². The van der Waals surface area contributed by atoms with Gasteiger partial charge in [0, 0.05) is 12.6 Å². The summed E-state index contributed by atoms with van der Waals surface area (Å²) < 4.78 is 0. The predicted octanol–water partition coefficient (Wildman–Crippen LogP) is 1.88. The van der Waals surface area contributed by atoms with E-state index >= 15 is 0 Å². The molecule has 4 nitrogen and oxygen atoms in total. The van der Waals surface area contributed by atoms with E-state index in [0.29, 0.717) is 6.04 Å². The van der Waals surface area contributed by atoms with Crippen molar-refractivity contribution in [3.05, 3.63) is 0 Å². The van der Waals surface area contributed by atoms with E-state index in [0.717, 1.165) is 18.9 Å². The standard InChI is InChI=1S/C16H31N3O/c1-3-13-5-4-10-19(11-8-13)12-9-16(2,15(17)20)18-14-6-7-14/h13-14,18H,3-12H2,1-2H3,(H2,17,20). The number of rotatable bonds is 7. The van der Waals surface area contributed by atoms with Crippen LogP contribution >= 0.6 is 0 Å². The van der Waals surface area contributed by atoms with E-state index < -0.39 is 5.54 Å². The van der Waals surface area contributed by atoms with Gasteiger partial charge in [-0.1, -0.05) is 13.3 Å². The highest BCUT2D eigenvalue weighted by molar-refractivity contribution is 5.84. The predicted molar refractivity (Wildman–Crippen MR) is 82.4 cm³/mol. The number of likely N-dealkylation sites (tertiary alicyclic amines) is 1. The Morgan fingerprint density at radius 3 is 2.65 bits per heavy atom. The molecule has 1 aliphatic carbocycles. The summed E-state index contributed by atoms with van der Waals surface area (Å²) in [6.07, 6.45) is 8.46. The molecule has 0 aromatic heterocycles. The Labute approximate surface area is 123 Å². The molecule has 1 amide bonds. The van der Waals surface area contributed by atoms with Gasteiger partial charge in [-0.15, -0.1) is 0 Å². The number of primary amides is 1. The minimum Gasteiger partial charge on any atom is -0.368 e. The van der Waals surface area contributed by atoms with E-state index in [2.05, 4.69) is 17.1 Å². The highest BCUT2D eigenvalue weighted by Crippen LogP contribution is 2.25. The molecule has 1 saturated carbocycles. The number of hydrogen-bond acceptors (Lipinski definition) is 3. The lowest BCUT2D eigenvalue weighted by molar-refractivity contribution is -0.124. The lowest BCUT2D eigenvalue weighted by atomic mass is 9.96. The first-order chi connectivity index (χ1) is 9.53. The van der Waals surface area contributed by atoms with Crippen LogP contribution in [-0.4, -0.2) is 42.0 Å². The van der Waals surface area contributed by atoms with Crippen molar-refractivity contribution < 1.29 is 4.79 Å². The molecule has 0 aromatic rings. The molecule has 3 N–H and O–H groups in total. The van der Waals surface area contributed by atoms with Crippen LogP contribution in [0.5, 0.6) is 0 Å². The molecule has 4 heteroatoms. The second kappa shape index (κ2) is 6.90. The normalized spacial score (nSPS) is 27.8. The lowest BCUT2D eigenvalue weighted by Gasteiger charge is -2.30. The first kappa shape index (κ1) is 15.8. The van der Waals surface area contributed by atoms with Gasteiger partial charge in [-0.2, -0.15) is 0 Å². The molecule has 1 saturated heterocycles. The van der Waals surface area contributed by atoms with Crippen LogP contribution in [0.25, 0.3) is 0 Å². The highest BCUT2D eigenvalue weighted by atomic mass is 16.1.